The van der Waals surface area contributed by atoms with E-state index in [4.69, 9.17) is 9.47 Å². The van der Waals surface area contributed by atoms with Gasteiger partial charge in [0.25, 0.3) is 5.56 Å². The fraction of sp³-hybridized carbons (Fsp3) is 0.238. The van der Waals surface area contributed by atoms with Gasteiger partial charge in [-0.05, 0) is 30.7 Å². The summed E-state index contributed by atoms with van der Waals surface area (Å²) in [6, 6.07) is 14.5. The van der Waals surface area contributed by atoms with Crippen molar-refractivity contribution in [3.05, 3.63) is 64.4 Å². The summed E-state index contributed by atoms with van der Waals surface area (Å²) in [5, 5.41) is 3.84. The van der Waals surface area contributed by atoms with Gasteiger partial charge in [-0.15, -0.1) is 0 Å². The van der Waals surface area contributed by atoms with Gasteiger partial charge in [0, 0.05) is 30.5 Å². The van der Waals surface area contributed by atoms with E-state index in [1.54, 1.807) is 35.9 Å². The molecule has 0 aliphatic rings. The lowest BCUT2D eigenvalue weighted by atomic mass is 10.1. The first-order chi connectivity index (χ1) is 13.0. The molecule has 0 saturated heterocycles. The number of rotatable bonds is 6. The molecule has 2 aromatic carbocycles. The lowest BCUT2D eigenvalue weighted by Gasteiger charge is -2.13. The number of aromatic nitrogens is 1. The van der Waals surface area contributed by atoms with Gasteiger partial charge in [0.1, 0.15) is 11.5 Å². The van der Waals surface area contributed by atoms with Crippen LogP contribution in [0.3, 0.4) is 0 Å². The van der Waals surface area contributed by atoms with Gasteiger partial charge < -0.3 is 19.4 Å². The highest BCUT2D eigenvalue weighted by atomic mass is 16.5. The molecule has 140 valence electrons. The van der Waals surface area contributed by atoms with Crippen molar-refractivity contribution in [2.45, 2.75) is 19.9 Å². The normalized spacial score (nSPS) is 10.6. The molecule has 1 amide bonds. The molecule has 1 N–H and O–H groups in total. The van der Waals surface area contributed by atoms with Crippen LogP contribution in [-0.2, 0) is 11.3 Å². The molecular formula is C21H22N2O4. The smallest absolute Gasteiger partial charge is 0.251 e. The van der Waals surface area contributed by atoms with Gasteiger partial charge in [0.2, 0.25) is 5.91 Å². The highest BCUT2D eigenvalue weighted by molar-refractivity contribution is 5.92. The highest BCUT2D eigenvalue weighted by Crippen LogP contribution is 2.29. The first-order valence-corrected chi connectivity index (χ1v) is 8.64. The van der Waals surface area contributed by atoms with Gasteiger partial charge in [-0.2, -0.15) is 0 Å². The molecule has 0 bridgehead atoms. The van der Waals surface area contributed by atoms with Crippen LogP contribution in [0.2, 0.25) is 0 Å². The summed E-state index contributed by atoms with van der Waals surface area (Å²) in [6.07, 6.45) is 0.169. The highest BCUT2D eigenvalue weighted by Gasteiger charge is 2.11. The third-order valence-electron chi connectivity index (χ3n) is 4.47. The molecule has 0 radical (unpaired) electrons. The first kappa shape index (κ1) is 18.5. The van der Waals surface area contributed by atoms with Crippen molar-refractivity contribution < 1.29 is 14.3 Å². The molecule has 0 unspecified atom stereocenters. The maximum Gasteiger partial charge on any atom is 0.251 e. The Morgan fingerprint density at radius 3 is 2.59 bits per heavy atom. The van der Waals surface area contributed by atoms with E-state index in [1.165, 1.54) is 7.11 Å². The average Bonchev–Trinajstić information content (AvgIpc) is 2.68. The molecule has 1 aromatic heterocycles. The predicted octanol–water partition coefficient (Wildman–Crippen LogP) is 3.36. The third kappa shape index (κ3) is 3.95. The second-order valence-corrected chi connectivity index (χ2v) is 6.20. The molecule has 3 rings (SSSR count). The van der Waals surface area contributed by atoms with Crippen molar-refractivity contribution in [1.82, 2.24) is 4.57 Å². The summed E-state index contributed by atoms with van der Waals surface area (Å²) in [7, 11) is 3.10. The predicted molar refractivity (Wildman–Crippen MR) is 106 cm³/mol. The number of methoxy groups -OCH3 is 2. The molecule has 27 heavy (non-hydrogen) atoms. The van der Waals surface area contributed by atoms with Crippen molar-refractivity contribution in [3.63, 3.8) is 0 Å². The van der Waals surface area contributed by atoms with Crippen LogP contribution in [0.25, 0.3) is 10.9 Å². The summed E-state index contributed by atoms with van der Waals surface area (Å²) in [5.74, 6) is 0.957. The molecule has 6 nitrogen and oxygen atoms in total. The summed E-state index contributed by atoms with van der Waals surface area (Å²) >= 11 is 0. The number of carbonyl (C=O) groups is 1. The maximum absolute atomic E-state index is 12.4. The van der Waals surface area contributed by atoms with Crippen LogP contribution in [0.15, 0.2) is 53.3 Å². The Balaban J connectivity index is 1.77. The average molecular weight is 366 g/mol. The number of amides is 1. The number of nitrogens with one attached hydrogen (secondary N) is 1. The number of hydrogen-bond donors (Lipinski definition) is 1. The van der Waals surface area contributed by atoms with Crippen LogP contribution in [-0.4, -0.2) is 24.7 Å². The Morgan fingerprint density at radius 1 is 1.07 bits per heavy atom. The summed E-state index contributed by atoms with van der Waals surface area (Å²) < 4.78 is 12.1. The van der Waals surface area contributed by atoms with Crippen molar-refractivity contribution in [1.29, 1.82) is 0 Å². The van der Waals surface area contributed by atoms with Gasteiger partial charge in [0.05, 0.1) is 25.4 Å². The van der Waals surface area contributed by atoms with E-state index in [1.807, 2.05) is 31.2 Å². The van der Waals surface area contributed by atoms with Crippen LogP contribution in [0.1, 0.15) is 12.0 Å². The minimum Gasteiger partial charge on any atom is -0.497 e. The Bertz CT molecular complexity index is 1040. The SMILES string of the molecule is COc1ccc(NC(=O)CCn2c(=O)cc(C)c3ccccc32)c(OC)c1. The molecule has 0 atom stereocenters. The monoisotopic (exact) mass is 366 g/mol. The van der Waals surface area contributed by atoms with Gasteiger partial charge in [0.15, 0.2) is 0 Å². The second-order valence-electron chi connectivity index (χ2n) is 6.20. The van der Waals surface area contributed by atoms with Crippen molar-refractivity contribution in [3.8, 4) is 11.5 Å². The van der Waals surface area contributed by atoms with Crippen molar-refractivity contribution >= 4 is 22.5 Å². The number of aryl methyl sites for hydroxylation is 2. The number of fused-ring (bicyclic) bond motifs is 1. The summed E-state index contributed by atoms with van der Waals surface area (Å²) in [6.45, 7) is 2.21. The summed E-state index contributed by atoms with van der Waals surface area (Å²) in [4.78, 5) is 24.8. The fourth-order valence-corrected chi connectivity index (χ4v) is 3.06. The first-order valence-electron chi connectivity index (χ1n) is 8.64. The maximum atomic E-state index is 12.4. The zero-order chi connectivity index (χ0) is 19.4. The zero-order valence-corrected chi connectivity index (χ0v) is 15.6. The van der Waals surface area contributed by atoms with E-state index < -0.39 is 0 Å². The van der Waals surface area contributed by atoms with Crippen LogP contribution in [0.5, 0.6) is 11.5 Å². The molecule has 0 saturated carbocycles. The van der Waals surface area contributed by atoms with Crippen LogP contribution in [0, 0.1) is 6.92 Å². The van der Waals surface area contributed by atoms with Gasteiger partial charge in [-0.1, -0.05) is 18.2 Å². The van der Waals surface area contributed by atoms with Crippen LogP contribution < -0.4 is 20.3 Å². The minimum absolute atomic E-state index is 0.110. The lowest BCUT2D eigenvalue weighted by Crippen LogP contribution is -2.23. The molecule has 0 fully saturated rings. The van der Waals surface area contributed by atoms with Gasteiger partial charge >= 0.3 is 0 Å². The number of para-hydroxylation sites is 1. The van der Waals surface area contributed by atoms with Crippen LogP contribution in [0.4, 0.5) is 5.69 Å². The Kier molecular flexibility index (Phi) is 5.45. The quantitative estimate of drug-likeness (QED) is 0.726. The van der Waals surface area contributed by atoms with Crippen molar-refractivity contribution in [2.75, 3.05) is 19.5 Å². The molecule has 0 aliphatic carbocycles. The van der Waals surface area contributed by atoms with E-state index in [2.05, 4.69) is 5.32 Å². The Morgan fingerprint density at radius 2 is 1.85 bits per heavy atom. The topological polar surface area (TPSA) is 69.6 Å². The van der Waals surface area contributed by atoms with E-state index in [-0.39, 0.29) is 17.9 Å². The summed E-state index contributed by atoms with van der Waals surface area (Å²) in [5.41, 5.74) is 2.21. The van der Waals surface area contributed by atoms with Crippen molar-refractivity contribution in [2.24, 2.45) is 0 Å². The molecule has 6 heteroatoms. The third-order valence-corrected chi connectivity index (χ3v) is 4.47. The Hall–Kier alpha value is -3.28. The molecule has 0 spiro atoms. The number of ether oxygens (including phenoxy) is 2. The van der Waals surface area contributed by atoms with E-state index in [0.717, 1.165) is 16.5 Å². The number of anilines is 1. The number of benzene rings is 2. The van der Waals surface area contributed by atoms with E-state index in [9.17, 15) is 9.59 Å². The second kappa shape index (κ2) is 7.95. The molecular weight excluding hydrogens is 344 g/mol. The number of carbonyl (C=O) groups excluding carboxylic acids is 1. The van der Waals surface area contributed by atoms with Gasteiger partial charge in [-0.3, -0.25) is 9.59 Å². The number of nitrogens with zero attached hydrogens (tertiary/aromatic N) is 1. The van der Waals surface area contributed by atoms with E-state index >= 15 is 0 Å². The minimum atomic E-state index is -0.199. The van der Waals surface area contributed by atoms with Crippen LogP contribution >= 0.6 is 0 Å². The fourth-order valence-electron chi connectivity index (χ4n) is 3.06. The number of pyridine rings is 1. The standard InChI is InChI=1S/C21H22N2O4/c1-14-12-21(25)23(18-7-5-4-6-16(14)18)11-10-20(24)22-17-9-8-15(26-2)13-19(17)27-3/h4-9,12-13H,10-11H2,1-3H3,(H,22,24). The largest absolute Gasteiger partial charge is 0.497 e. The molecule has 0 aliphatic heterocycles. The Labute approximate surface area is 157 Å². The number of hydrogen-bond acceptors (Lipinski definition) is 4. The van der Waals surface area contributed by atoms with Gasteiger partial charge in [-0.25, -0.2) is 0 Å². The van der Waals surface area contributed by atoms with E-state index in [0.29, 0.717) is 23.7 Å². The lowest BCUT2D eigenvalue weighted by molar-refractivity contribution is -0.116. The molecule has 3 aromatic rings. The zero-order valence-electron chi connectivity index (χ0n) is 15.6. The molecule has 1 heterocycles.